The van der Waals surface area contributed by atoms with Crippen LogP contribution in [0.1, 0.15) is 5.56 Å². The number of aromatic nitrogens is 3. The Balaban J connectivity index is 1.59. The molecule has 0 aliphatic rings. The average molecular weight is 495 g/mol. The van der Waals surface area contributed by atoms with Gasteiger partial charge in [0, 0.05) is 20.2 Å². The summed E-state index contributed by atoms with van der Waals surface area (Å²) in [5, 5.41) is 11.5. The lowest BCUT2D eigenvalue weighted by Gasteiger charge is -2.22. The molecule has 9 heteroatoms. The third-order valence-electron chi connectivity index (χ3n) is 5.16. The van der Waals surface area contributed by atoms with Gasteiger partial charge in [0.2, 0.25) is 5.91 Å². The second-order valence-electron chi connectivity index (χ2n) is 7.37. The topological polar surface area (TPSA) is 69.5 Å². The molecule has 34 heavy (non-hydrogen) atoms. The molecule has 176 valence electrons. The van der Waals surface area contributed by atoms with E-state index in [9.17, 15) is 4.79 Å². The van der Waals surface area contributed by atoms with Crippen LogP contribution in [0.15, 0.2) is 77.3 Å². The van der Waals surface area contributed by atoms with E-state index in [-0.39, 0.29) is 11.7 Å². The fourth-order valence-corrected chi connectivity index (χ4v) is 5.02. The molecule has 2 aromatic carbocycles. The van der Waals surface area contributed by atoms with E-state index in [2.05, 4.69) is 10.2 Å². The van der Waals surface area contributed by atoms with Crippen LogP contribution < -0.4 is 4.74 Å². The van der Waals surface area contributed by atoms with Crippen LogP contribution in [0.25, 0.3) is 16.4 Å². The number of carbonyl (C=O) groups is 1. The maximum absolute atomic E-state index is 13.2. The predicted octanol–water partition coefficient (Wildman–Crippen LogP) is 4.77. The number of ether oxygens (including phenoxy) is 2. The molecule has 0 aliphatic heterocycles. The first-order valence-electron chi connectivity index (χ1n) is 10.8. The largest absolute Gasteiger partial charge is 0.495 e. The summed E-state index contributed by atoms with van der Waals surface area (Å²) < 4.78 is 12.8. The van der Waals surface area contributed by atoms with E-state index in [0.29, 0.717) is 30.6 Å². The summed E-state index contributed by atoms with van der Waals surface area (Å²) in [6.45, 7) is 1.52. The maximum atomic E-state index is 13.2. The molecule has 0 atom stereocenters. The number of rotatable bonds is 11. The van der Waals surface area contributed by atoms with Crippen LogP contribution in [0.4, 0.5) is 0 Å². The molecule has 0 saturated heterocycles. The Kier molecular flexibility index (Phi) is 8.35. The molecule has 2 aromatic heterocycles. The summed E-state index contributed by atoms with van der Waals surface area (Å²) in [6.07, 6.45) is 0. The third kappa shape index (κ3) is 5.67. The van der Waals surface area contributed by atoms with Gasteiger partial charge in [-0.1, -0.05) is 60.3 Å². The van der Waals surface area contributed by atoms with E-state index in [4.69, 9.17) is 9.47 Å². The van der Waals surface area contributed by atoms with Crippen molar-refractivity contribution in [1.82, 2.24) is 19.7 Å². The van der Waals surface area contributed by atoms with E-state index < -0.39 is 0 Å². The SMILES string of the molecule is COCCN(Cc1ccccc1)C(=O)CSc1nnc(-c2cccs2)n1-c1ccccc1OC. The van der Waals surface area contributed by atoms with Gasteiger partial charge in [-0.25, -0.2) is 0 Å². The molecule has 0 bridgehead atoms. The van der Waals surface area contributed by atoms with Crippen molar-refractivity contribution >= 4 is 29.0 Å². The average Bonchev–Trinajstić information content (AvgIpc) is 3.55. The van der Waals surface area contributed by atoms with Gasteiger partial charge in [-0.2, -0.15) is 0 Å². The van der Waals surface area contributed by atoms with Gasteiger partial charge in [-0.15, -0.1) is 21.5 Å². The van der Waals surface area contributed by atoms with Gasteiger partial charge in [0.05, 0.1) is 30.0 Å². The molecular formula is C25H26N4O3S2. The molecule has 0 N–H and O–H groups in total. The summed E-state index contributed by atoms with van der Waals surface area (Å²) in [7, 11) is 3.28. The van der Waals surface area contributed by atoms with Crippen molar-refractivity contribution < 1.29 is 14.3 Å². The van der Waals surface area contributed by atoms with E-state index in [1.165, 1.54) is 11.8 Å². The Morgan fingerprint density at radius 3 is 2.56 bits per heavy atom. The highest BCUT2D eigenvalue weighted by atomic mass is 32.2. The number of carbonyl (C=O) groups excluding carboxylic acids is 1. The van der Waals surface area contributed by atoms with Crippen molar-refractivity contribution in [3.8, 4) is 22.1 Å². The van der Waals surface area contributed by atoms with Crippen LogP contribution >= 0.6 is 23.1 Å². The first-order chi connectivity index (χ1) is 16.7. The van der Waals surface area contributed by atoms with E-state index >= 15 is 0 Å². The first-order valence-corrected chi connectivity index (χ1v) is 12.6. The zero-order valence-electron chi connectivity index (χ0n) is 19.1. The highest BCUT2D eigenvalue weighted by molar-refractivity contribution is 7.99. The molecule has 4 aromatic rings. The Labute approximate surface area is 207 Å². The van der Waals surface area contributed by atoms with Crippen LogP contribution in [0, 0.1) is 0 Å². The van der Waals surface area contributed by atoms with Crippen molar-refractivity contribution in [3.05, 3.63) is 77.7 Å². The predicted molar refractivity (Wildman–Crippen MR) is 136 cm³/mol. The van der Waals surface area contributed by atoms with Crippen molar-refractivity contribution in [2.24, 2.45) is 0 Å². The Hall–Kier alpha value is -3.14. The van der Waals surface area contributed by atoms with E-state index in [0.717, 1.165) is 22.0 Å². The van der Waals surface area contributed by atoms with Crippen molar-refractivity contribution in [2.75, 3.05) is 33.1 Å². The van der Waals surface area contributed by atoms with Crippen molar-refractivity contribution in [1.29, 1.82) is 0 Å². The van der Waals surface area contributed by atoms with Crippen LogP contribution in [-0.2, 0) is 16.1 Å². The normalized spacial score (nSPS) is 10.9. The highest BCUT2D eigenvalue weighted by Gasteiger charge is 2.22. The molecule has 0 fully saturated rings. The number of thioether (sulfide) groups is 1. The van der Waals surface area contributed by atoms with E-state index in [1.807, 2.05) is 81.6 Å². The van der Waals surface area contributed by atoms with Gasteiger partial charge < -0.3 is 14.4 Å². The fraction of sp³-hybridized carbons (Fsp3) is 0.240. The molecule has 2 heterocycles. The molecule has 0 aliphatic carbocycles. The summed E-state index contributed by atoms with van der Waals surface area (Å²) in [5.74, 6) is 1.67. The second-order valence-corrected chi connectivity index (χ2v) is 9.26. The number of para-hydroxylation sites is 2. The number of benzene rings is 2. The number of hydrogen-bond acceptors (Lipinski definition) is 7. The molecule has 0 spiro atoms. The molecule has 7 nitrogen and oxygen atoms in total. The summed E-state index contributed by atoms with van der Waals surface area (Å²) >= 11 is 2.95. The third-order valence-corrected chi connectivity index (χ3v) is 6.94. The molecule has 1 amide bonds. The number of methoxy groups -OCH3 is 2. The first kappa shape index (κ1) is 24.0. The lowest BCUT2D eigenvalue weighted by molar-refractivity contribution is -0.129. The minimum atomic E-state index is 0.0122. The van der Waals surface area contributed by atoms with Crippen molar-refractivity contribution in [3.63, 3.8) is 0 Å². The van der Waals surface area contributed by atoms with Crippen LogP contribution in [0.3, 0.4) is 0 Å². The smallest absolute Gasteiger partial charge is 0.233 e. The van der Waals surface area contributed by atoms with Gasteiger partial charge >= 0.3 is 0 Å². The summed E-state index contributed by atoms with van der Waals surface area (Å²) in [6, 6.07) is 21.7. The molecule has 0 radical (unpaired) electrons. The molecule has 0 saturated carbocycles. The van der Waals surface area contributed by atoms with Gasteiger partial charge in [-0.05, 0) is 29.1 Å². The van der Waals surface area contributed by atoms with Gasteiger partial charge in [-0.3, -0.25) is 9.36 Å². The lowest BCUT2D eigenvalue weighted by atomic mass is 10.2. The number of amides is 1. The van der Waals surface area contributed by atoms with Gasteiger partial charge in [0.25, 0.3) is 0 Å². The zero-order chi connectivity index (χ0) is 23.8. The number of hydrogen-bond donors (Lipinski definition) is 0. The maximum Gasteiger partial charge on any atom is 0.233 e. The van der Waals surface area contributed by atoms with Gasteiger partial charge in [0.15, 0.2) is 11.0 Å². The van der Waals surface area contributed by atoms with Crippen molar-refractivity contribution in [2.45, 2.75) is 11.7 Å². The van der Waals surface area contributed by atoms with Crippen LogP contribution in [0.5, 0.6) is 5.75 Å². The summed E-state index contributed by atoms with van der Waals surface area (Å²) in [5.41, 5.74) is 1.91. The zero-order valence-corrected chi connectivity index (χ0v) is 20.7. The monoisotopic (exact) mass is 494 g/mol. The molecule has 0 unspecified atom stereocenters. The number of thiophene rings is 1. The Morgan fingerprint density at radius 1 is 1.03 bits per heavy atom. The fourth-order valence-electron chi connectivity index (χ4n) is 3.48. The molecule has 4 rings (SSSR count). The quantitative estimate of drug-likeness (QED) is 0.280. The van der Waals surface area contributed by atoms with Crippen LogP contribution in [-0.4, -0.2) is 58.7 Å². The Bertz CT molecular complexity index is 1200. The minimum absolute atomic E-state index is 0.0122. The number of nitrogens with zero attached hydrogens (tertiary/aromatic N) is 4. The highest BCUT2D eigenvalue weighted by Crippen LogP contribution is 2.34. The van der Waals surface area contributed by atoms with Crippen LogP contribution in [0.2, 0.25) is 0 Å². The van der Waals surface area contributed by atoms with Gasteiger partial charge in [0.1, 0.15) is 5.75 Å². The van der Waals surface area contributed by atoms with E-state index in [1.54, 1.807) is 25.6 Å². The molecular weight excluding hydrogens is 468 g/mol. The summed E-state index contributed by atoms with van der Waals surface area (Å²) in [4.78, 5) is 16.0. The Morgan fingerprint density at radius 2 is 1.82 bits per heavy atom. The standard InChI is InChI=1S/C25H26N4O3S2/c1-31-15-14-28(17-19-9-4-3-5-10-19)23(30)18-34-25-27-26-24(22-13-8-16-33-22)29(25)20-11-6-7-12-21(20)32-2/h3-13,16H,14-15,17-18H2,1-2H3. The second kappa shape index (κ2) is 11.8. The minimum Gasteiger partial charge on any atom is -0.495 e. The lowest BCUT2D eigenvalue weighted by Crippen LogP contribution is -2.34.